The molecule has 1 N–H and O–H groups in total. The van der Waals surface area contributed by atoms with Crippen LogP contribution in [0.25, 0.3) is 10.2 Å². The number of hydrogen-bond acceptors (Lipinski definition) is 4. The lowest BCUT2D eigenvalue weighted by Crippen LogP contribution is -3.14. The van der Waals surface area contributed by atoms with Crippen LogP contribution in [0.2, 0.25) is 0 Å². The Kier molecular flexibility index (Phi) is 6.65. The van der Waals surface area contributed by atoms with Gasteiger partial charge in [0.2, 0.25) is 0 Å². The third-order valence-corrected chi connectivity index (χ3v) is 7.03. The average molecular weight is 425 g/mol. The Hall–Kier alpha value is -2.44. The fraction of sp³-hybridized carbons (Fsp3) is 0.417. The molecule has 0 aliphatic carbocycles. The number of rotatable bonds is 7. The van der Waals surface area contributed by atoms with Crippen molar-refractivity contribution < 1.29 is 14.4 Å². The van der Waals surface area contributed by atoms with Crippen LogP contribution in [0.4, 0.5) is 0 Å². The number of piperidine rings is 1. The molecule has 3 aromatic rings. The normalized spacial score (nSPS) is 19.0. The SMILES string of the molecule is CCOc1ccc(CN(C)C(=O)C[NH+]2CCC(c3nc4ccccc4s3)CC2)cc1. The molecule has 5 nitrogen and oxygen atoms in total. The summed E-state index contributed by atoms with van der Waals surface area (Å²) in [6.07, 6.45) is 2.20. The summed E-state index contributed by atoms with van der Waals surface area (Å²) in [4.78, 5) is 20.8. The molecular weight excluding hydrogens is 394 g/mol. The number of amides is 1. The van der Waals surface area contributed by atoms with Crippen LogP contribution >= 0.6 is 11.3 Å². The number of likely N-dealkylation sites (N-methyl/N-ethyl adjacent to an activating group) is 1. The van der Waals surface area contributed by atoms with Gasteiger partial charge in [-0.15, -0.1) is 11.3 Å². The highest BCUT2D eigenvalue weighted by Crippen LogP contribution is 2.31. The summed E-state index contributed by atoms with van der Waals surface area (Å²) in [6, 6.07) is 16.4. The van der Waals surface area contributed by atoms with Gasteiger partial charge < -0.3 is 14.5 Å². The Morgan fingerprint density at radius 3 is 2.60 bits per heavy atom. The van der Waals surface area contributed by atoms with E-state index in [1.807, 2.05) is 60.5 Å². The van der Waals surface area contributed by atoms with Crippen molar-refractivity contribution in [3.8, 4) is 5.75 Å². The van der Waals surface area contributed by atoms with Crippen molar-refractivity contribution in [2.24, 2.45) is 0 Å². The van der Waals surface area contributed by atoms with Crippen LogP contribution < -0.4 is 9.64 Å². The number of thiazole rings is 1. The Morgan fingerprint density at radius 2 is 1.90 bits per heavy atom. The molecule has 158 valence electrons. The van der Waals surface area contributed by atoms with E-state index in [1.165, 1.54) is 14.6 Å². The maximum atomic E-state index is 12.7. The van der Waals surface area contributed by atoms with Gasteiger partial charge in [-0.3, -0.25) is 4.79 Å². The van der Waals surface area contributed by atoms with Crippen LogP contribution in [0.15, 0.2) is 48.5 Å². The van der Waals surface area contributed by atoms with E-state index in [-0.39, 0.29) is 5.91 Å². The number of likely N-dealkylation sites (tertiary alicyclic amines) is 1. The summed E-state index contributed by atoms with van der Waals surface area (Å²) in [5.41, 5.74) is 2.23. The van der Waals surface area contributed by atoms with Crippen LogP contribution in [0.1, 0.15) is 36.3 Å². The molecular formula is C24H30N3O2S+. The van der Waals surface area contributed by atoms with E-state index in [2.05, 4.69) is 18.2 Å². The number of hydrogen-bond donors (Lipinski definition) is 1. The standard InChI is InChI=1S/C24H29N3O2S/c1-3-29-20-10-8-18(9-11-20)16-26(2)23(28)17-27-14-12-19(13-15-27)24-25-21-6-4-5-7-22(21)30-24/h4-11,19H,3,12-17H2,1-2H3/p+1. The Morgan fingerprint density at radius 1 is 1.17 bits per heavy atom. The molecule has 0 atom stereocenters. The van der Waals surface area contributed by atoms with Crippen molar-refractivity contribution in [3.63, 3.8) is 0 Å². The van der Waals surface area contributed by atoms with E-state index in [1.54, 1.807) is 0 Å². The van der Waals surface area contributed by atoms with Gasteiger partial charge in [0.1, 0.15) is 5.75 Å². The largest absolute Gasteiger partial charge is 0.494 e. The molecule has 1 fully saturated rings. The molecule has 2 aromatic carbocycles. The number of carbonyl (C=O) groups is 1. The number of quaternary nitrogens is 1. The Labute approximate surface area is 182 Å². The van der Waals surface area contributed by atoms with E-state index in [4.69, 9.17) is 9.72 Å². The minimum atomic E-state index is 0.206. The summed E-state index contributed by atoms with van der Waals surface area (Å²) in [5.74, 6) is 1.61. The molecule has 4 rings (SSSR count). The second kappa shape index (κ2) is 9.58. The van der Waals surface area contributed by atoms with Crippen LogP contribution in [-0.4, -0.2) is 49.1 Å². The molecule has 1 saturated heterocycles. The average Bonchev–Trinajstić information content (AvgIpc) is 3.20. The molecule has 0 radical (unpaired) electrons. The van der Waals surface area contributed by atoms with Crippen LogP contribution in [-0.2, 0) is 11.3 Å². The first-order valence-electron chi connectivity index (χ1n) is 10.8. The molecule has 6 heteroatoms. The van der Waals surface area contributed by atoms with Gasteiger partial charge in [0.25, 0.3) is 5.91 Å². The van der Waals surface area contributed by atoms with Gasteiger partial charge in [-0.05, 0) is 36.8 Å². The Balaban J connectivity index is 1.26. The fourth-order valence-electron chi connectivity index (χ4n) is 4.08. The van der Waals surface area contributed by atoms with Crippen molar-refractivity contribution in [2.75, 3.05) is 33.3 Å². The third kappa shape index (κ3) is 4.99. The van der Waals surface area contributed by atoms with Crippen molar-refractivity contribution in [1.29, 1.82) is 0 Å². The van der Waals surface area contributed by atoms with E-state index < -0.39 is 0 Å². The molecule has 0 saturated carbocycles. The quantitative estimate of drug-likeness (QED) is 0.634. The number of nitrogens with one attached hydrogen (secondary N) is 1. The number of benzene rings is 2. The van der Waals surface area contributed by atoms with Gasteiger partial charge in [0, 0.05) is 32.4 Å². The summed E-state index contributed by atoms with van der Waals surface area (Å²) >= 11 is 1.82. The number of fused-ring (bicyclic) bond motifs is 1. The second-order valence-electron chi connectivity index (χ2n) is 8.05. The van der Waals surface area contributed by atoms with E-state index in [0.29, 0.717) is 25.6 Å². The molecule has 0 unspecified atom stereocenters. The first kappa shape index (κ1) is 20.8. The number of ether oxygens (including phenoxy) is 1. The smallest absolute Gasteiger partial charge is 0.277 e. The first-order valence-corrected chi connectivity index (χ1v) is 11.6. The lowest BCUT2D eigenvalue weighted by molar-refractivity contribution is -0.897. The van der Waals surface area contributed by atoms with Gasteiger partial charge in [-0.1, -0.05) is 24.3 Å². The lowest BCUT2D eigenvalue weighted by Gasteiger charge is -2.29. The zero-order chi connectivity index (χ0) is 20.9. The second-order valence-corrected chi connectivity index (χ2v) is 9.11. The molecule has 30 heavy (non-hydrogen) atoms. The fourth-order valence-corrected chi connectivity index (χ4v) is 5.22. The highest BCUT2D eigenvalue weighted by atomic mass is 32.1. The predicted octanol–water partition coefficient (Wildman–Crippen LogP) is 3.12. The topological polar surface area (TPSA) is 46.9 Å². The molecule has 1 aromatic heterocycles. The maximum absolute atomic E-state index is 12.7. The van der Waals surface area contributed by atoms with E-state index in [9.17, 15) is 4.79 Å². The van der Waals surface area contributed by atoms with Crippen molar-refractivity contribution in [2.45, 2.75) is 32.2 Å². The van der Waals surface area contributed by atoms with Gasteiger partial charge in [-0.25, -0.2) is 4.98 Å². The zero-order valence-electron chi connectivity index (χ0n) is 17.8. The van der Waals surface area contributed by atoms with Gasteiger partial charge in [0.05, 0.1) is 34.9 Å². The molecule has 1 amide bonds. The van der Waals surface area contributed by atoms with Crippen molar-refractivity contribution >= 4 is 27.5 Å². The maximum Gasteiger partial charge on any atom is 0.277 e. The molecule has 2 heterocycles. The minimum absolute atomic E-state index is 0.206. The van der Waals surface area contributed by atoms with Gasteiger partial charge in [-0.2, -0.15) is 0 Å². The minimum Gasteiger partial charge on any atom is -0.494 e. The lowest BCUT2D eigenvalue weighted by atomic mass is 9.97. The van der Waals surface area contributed by atoms with Gasteiger partial charge in [0.15, 0.2) is 6.54 Å². The molecule has 0 bridgehead atoms. The van der Waals surface area contributed by atoms with Crippen LogP contribution in [0.3, 0.4) is 0 Å². The number of carbonyl (C=O) groups excluding carboxylic acids is 1. The summed E-state index contributed by atoms with van der Waals surface area (Å²) in [5, 5.41) is 1.26. The predicted molar refractivity (Wildman–Crippen MR) is 121 cm³/mol. The molecule has 1 aliphatic rings. The highest BCUT2D eigenvalue weighted by Gasteiger charge is 2.27. The van der Waals surface area contributed by atoms with Crippen LogP contribution in [0, 0.1) is 0 Å². The number of aromatic nitrogens is 1. The van der Waals surface area contributed by atoms with Gasteiger partial charge >= 0.3 is 0 Å². The van der Waals surface area contributed by atoms with Crippen LogP contribution in [0.5, 0.6) is 5.75 Å². The first-order chi connectivity index (χ1) is 14.6. The van der Waals surface area contributed by atoms with Crippen molar-refractivity contribution in [1.82, 2.24) is 9.88 Å². The number of para-hydroxylation sites is 1. The monoisotopic (exact) mass is 424 g/mol. The van der Waals surface area contributed by atoms with E-state index >= 15 is 0 Å². The van der Waals surface area contributed by atoms with Crippen molar-refractivity contribution in [3.05, 3.63) is 59.1 Å². The molecule has 1 aliphatic heterocycles. The number of nitrogens with zero attached hydrogens (tertiary/aromatic N) is 2. The highest BCUT2D eigenvalue weighted by molar-refractivity contribution is 7.18. The Bertz CT molecular complexity index is 945. The summed E-state index contributed by atoms with van der Waals surface area (Å²) < 4.78 is 6.76. The summed E-state index contributed by atoms with van der Waals surface area (Å²) in [6.45, 7) is 5.90. The summed E-state index contributed by atoms with van der Waals surface area (Å²) in [7, 11) is 1.89. The van der Waals surface area contributed by atoms with E-state index in [0.717, 1.165) is 42.8 Å². The third-order valence-electron chi connectivity index (χ3n) is 5.83. The zero-order valence-corrected chi connectivity index (χ0v) is 18.6. The molecule has 0 spiro atoms.